The van der Waals surface area contributed by atoms with Crippen LogP contribution in [0.4, 0.5) is 0 Å². The van der Waals surface area contributed by atoms with Gasteiger partial charge in [0.25, 0.3) is 0 Å². The van der Waals surface area contributed by atoms with Crippen LogP contribution in [0, 0.1) is 0 Å². The van der Waals surface area contributed by atoms with Gasteiger partial charge in [-0.3, -0.25) is 4.99 Å². The van der Waals surface area contributed by atoms with Crippen LogP contribution in [-0.2, 0) is 14.8 Å². The van der Waals surface area contributed by atoms with Crippen molar-refractivity contribution < 1.29 is 13.2 Å². The lowest BCUT2D eigenvalue weighted by molar-refractivity contribution is 0.153. The first-order valence-corrected chi connectivity index (χ1v) is 10.4. The van der Waals surface area contributed by atoms with Crippen LogP contribution >= 0.6 is 24.0 Å². The highest BCUT2D eigenvalue weighted by atomic mass is 127. The van der Waals surface area contributed by atoms with E-state index >= 15 is 0 Å². The standard InChI is InChI=1S/C16H30N4O3S.HI/c1-3-24(21,22)20-10-5-15(6-11-20)19-16(17-2)18-9-4-14-7-12-23-13-8-14;/h7,15H,3-6,8-13H2,1-2H3,(H2,17,18,19);1H. The lowest BCUT2D eigenvalue weighted by Crippen LogP contribution is -2.50. The molecule has 0 atom stereocenters. The van der Waals surface area contributed by atoms with Gasteiger partial charge in [-0.2, -0.15) is 0 Å². The van der Waals surface area contributed by atoms with Crippen LogP contribution in [0.25, 0.3) is 0 Å². The predicted octanol–water partition coefficient (Wildman–Crippen LogP) is 1.32. The Hall–Kier alpha value is -0.390. The van der Waals surface area contributed by atoms with Crippen molar-refractivity contribution in [1.82, 2.24) is 14.9 Å². The molecule has 2 aliphatic rings. The molecule has 9 heteroatoms. The molecular weight excluding hydrogens is 455 g/mol. The van der Waals surface area contributed by atoms with Crippen molar-refractivity contribution >= 4 is 40.0 Å². The first-order chi connectivity index (χ1) is 11.5. The van der Waals surface area contributed by atoms with Crippen LogP contribution in [0.5, 0.6) is 0 Å². The number of piperidine rings is 1. The fourth-order valence-corrected chi connectivity index (χ4v) is 4.12. The fourth-order valence-electron chi connectivity index (χ4n) is 2.98. The molecule has 0 aromatic rings. The summed E-state index contributed by atoms with van der Waals surface area (Å²) in [6, 6.07) is 0.266. The maximum atomic E-state index is 11.9. The Morgan fingerprint density at radius 3 is 2.68 bits per heavy atom. The largest absolute Gasteiger partial charge is 0.377 e. The average Bonchev–Trinajstić information content (AvgIpc) is 2.62. The topological polar surface area (TPSA) is 83.0 Å². The number of rotatable bonds is 6. The van der Waals surface area contributed by atoms with Gasteiger partial charge >= 0.3 is 0 Å². The summed E-state index contributed by atoms with van der Waals surface area (Å²) in [5.74, 6) is 0.967. The molecule has 25 heavy (non-hydrogen) atoms. The number of hydrogen-bond acceptors (Lipinski definition) is 4. The summed E-state index contributed by atoms with van der Waals surface area (Å²) in [6.07, 6.45) is 5.78. The van der Waals surface area contributed by atoms with Crippen molar-refractivity contribution in [3.05, 3.63) is 11.6 Å². The molecule has 0 saturated carbocycles. The van der Waals surface area contributed by atoms with Crippen LogP contribution in [0.3, 0.4) is 0 Å². The third-order valence-corrected chi connectivity index (χ3v) is 6.45. The molecule has 7 nitrogen and oxygen atoms in total. The van der Waals surface area contributed by atoms with E-state index in [1.807, 2.05) is 0 Å². The maximum absolute atomic E-state index is 11.9. The predicted molar refractivity (Wildman–Crippen MR) is 112 cm³/mol. The second kappa shape index (κ2) is 11.3. The molecule has 0 radical (unpaired) electrons. The molecule has 0 aliphatic carbocycles. The molecular formula is C16H31IN4O3S. The SMILES string of the molecule is CCS(=O)(=O)N1CCC(NC(=NC)NCCC2=CCOCC2)CC1.I. The van der Waals surface area contributed by atoms with Gasteiger partial charge in [0.2, 0.25) is 10.0 Å². The fraction of sp³-hybridized carbons (Fsp3) is 0.812. The van der Waals surface area contributed by atoms with E-state index in [9.17, 15) is 8.42 Å². The van der Waals surface area contributed by atoms with Crippen molar-refractivity contribution in [2.24, 2.45) is 4.99 Å². The van der Waals surface area contributed by atoms with Gasteiger partial charge in [0, 0.05) is 32.7 Å². The maximum Gasteiger partial charge on any atom is 0.213 e. The number of nitrogens with zero attached hydrogens (tertiary/aromatic N) is 2. The zero-order valence-electron chi connectivity index (χ0n) is 15.2. The van der Waals surface area contributed by atoms with E-state index in [0.29, 0.717) is 13.1 Å². The lowest BCUT2D eigenvalue weighted by atomic mass is 10.1. The summed E-state index contributed by atoms with van der Waals surface area (Å²) >= 11 is 0. The highest BCUT2D eigenvalue weighted by molar-refractivity contribution is 14.0. The summed E-state index contributed by atoms with van der Waals surface area (Å²) in [6.45, 7) is 5.24. The Morgan fingerprint density at radius 1 is 1.40 bits per heavy atom. The Bertz CT molecular complexity index is 558. The summed E-state index contributed by atoms with van der Waals surface area (Å²) in [7, 11) is -1.30. The van der Waals surface area contributed by atoms with Crippen LogP contribution in [-0.4, -0.2) is 70.4 Å². The molecule has 2 rings (SSSR count). The van der Waals surface area contributed by atoms with Gasteiger partial charge < -0.3 is 15.4 Å². The first-order valence-electron chi connectivity index (χ1n) is 8.76. The first kappa shape index (κ1) is 22.7. The van der Waals surface area contributed by atoms with Crippen molar-refractivity contribution in [1.29, 1.82) is 0 Å². The van der Waals surface area contributed by atoms with Crippen molar-refractivity contribution in [2.75, 3.05) is 45.6 Å². The summed E-state index contributed by atoms with van der Waals surface area (Å²) < 4.78 is 30.7. The Labute approximate surface area is 168 Å². The van der Waals surface area contributed by atoms with E-state index < -0.39 is 10.0 Å². The van der Waals surface area contributed by atoms with Crippen molar-refractivity contribution in [3.8, 4) is 0 Å². The number of sulfonamides is 1. The van der Waals surface area contributed by atoms with Gasteiger partial charge in [-0.05, 0) is 32.6 Å². The molecule has 2 N–H and O–H groups in total. The second-order valence-corrected chi connectivity index (χ2v) is 8.41. The van der Waals surface area contributed by atoms with Crippen molar-refractivity contribution in [3.63, 3.8) is 0 Å². The summed E-state index contributed by atoms with van der Waals surface area (Å²) in [5, 5.41) is 6.75. The quantitative estimate of drug-likeness (QED) is 0.256. The number of ether oxygens (including phenoxy) is 1. The van der Waals surface area contributed by atoms with Gasteiger partial charge in [-0.15, -0.1) is 24.0 Å². The van der Waals surface area contributed by atoms with E-state index in [4.69, 9.17) is 4.74 Å². The molecule has 0 aromatic heterocycles. The van der Waals surface area contributed by atoms with Gasteiger partial charge in [-0.25, -0.2) is 12.7 Å². The molecule has 0 aromatic carbocycles. The monoisotopic (exact) mass is 486 g/mol. The Balaban J connectivity index is 0.00000312. The van der Waals surface area contributed by atoms with Crippen LogP contribution in [0.1, 0.15) is 32.6 Å². The third kappa shape index (κ3) is 7.40. The van der Waals surface area contributed by atoms with E-state index in [2.05, 4.69) is 21.7 Å². The van der Waals surface area contributed by atoms with Crippen LogP contribution in [0.15, 0.2) is 16.6 Å². The minimum atomic E-state index is -3.06. The average molecular weight is 486 g/mol. The third-order valence-electron chi connectivity index (χ3n) is 4.57. The van der Waals surface area contributed by atoms with Crippen LogP contribution in [0.2, 0.25) is 0 Å². The molecule has 2 aliphatic heterocycles. The minimum absolute atomic E-state index is 0. The smallest absolute Gasteiger partial charge is 0.213 e. The van der Waals surface area contributed by atoms with Crippen molar-refractivity contribution in [2.45, 2.75) is 38.6 Å². The van der Waals surface area contributed by atoms with Gasteiger partial charge in [0.05, 0.1) is 19.0 Å². The van der Waals surface area contributed by atoms with Gasteiger partial charge in [0.15, 0.2) is 5.96 Å². The number of halogens is 1. The van der Waals surface area contributed by atoms with Crippen LogP contribution < -0.4 is 10.6 Å². The molecule has 0 bridgehead atoms. The van der Waals surface area contributed by atoms with E-state index in [1.165, 1.54) is 5.57 Å². The zero-order valence-corrected chi connectivity index (χ0v) is 18.3. The minimum Gasteiger partial charge on any atom is -0.377 e. The number of nitrogens with one attached hydrogen (secondary N) is 2. The Kier molecular flexibility index (Phi) is 10.3. The molecule has 2 heterocycles. The highest BCUT2D eigenvalue weighted by Gasteiger charge is 2.26. The van der Waals surface area contributed by atoms with Gasteiger partial charge in [0.1, 0.15) is 0 Å². The van der Waals surface area contributed by atoms with E-state index in [1.54, 1.807) is 18.3 Å². The molecule has 0 amide bonds. The van der Waals surface area contributed by atoms with E-state index in [-0.39, 0.29) is 35.8 Å². The van der Waals surface area contributed by atoms with Gasteiger partial charge in [-0.1, -0.05) is 11.6 Å². The van der Waals surface area contributed by atoms with E-state index in [0.717, 1.165) is 51.4 Å². The normalized spacial score (nSPS) is 20.6. The molecule has 1 saturated heterocycles. The molecule has 1 fully saturated rings. The molecule has 0 spiro atoms. The summed E-state index contributed by atoms with van der Waals surface area (Å²) in [4.78, 5) is 4.27. The zero-order chi connectivity index (χ0) is 17.4. The molecule has 0 unspecified atom stereocenters. The lowest BCUT2D eigenvalue weighted by Gasteiger charge is -2.32. The summed E-state index contributed by atoms with van der Waals surface area (Å²) in [5.41, 5.74) is 1.43. The Morgan fingerprint density at radius 2 is 2.12 bits per heavy atom. The highest BCUT2D eigenvalue weighted by Crippen LogP contribution is 2.14. The number of guanidine groups is 1. The molecule has 146 valence electrons. The number of aliphatic imine (C=N–C) groups is 1. The second-order valence-electron chi connectivity index (χ2n) is 6.15. The number of hydrogen-bond donors (Lipinski definition) is 2.